The Labute approximate surface area is 194 Å². The van der Waals surface area contributed by atoms with Crippen molar-refractivity contribution in [2.75, 3.05) is 39.9 Å². The number of nitrogens with zero attached hydrogens (tertiary/aromatic N) is 3. The van der Waals surface area contributed by atoms with Gasteiger partial charge in [0.1, 0.15) is 5.82 Å². The molecule has 2 atom stereocenters. The summed E-state index contributed by atoms with van der Waals surface area (Å²) in [5.41, 5.74) is 1.63. The molecule has 1 aliphatic rings. The molecule has 0 bridgehead atoms. The molecular formula is C25H32FN3O4. The van der Waals surface area contributed by atoms with Crippen LogP contribution in [-0.2, 0) is 16.1 Å². The van der Waals surface area contributed by atoms with Gasteiger partial charge in [-0.15, -0.1) is 0 Å². The van der Waals surface area contributed by atoms with Crippen LogP contribution in [0.3, 0.4) is 0 Å². The Morgan fingerprint density at radius 2 is 2.00 bits per heavy atom. The average Bonchev–Trinajstić information content (AvgIpc) is 3.18. The van der Waals surface area contributed by atoms with E-state index in [0.29, 0.717) is 44.9 Å². The summed E-state index contributed by atoms with van der Waals surface area (Å²) in [6, 6.07) is 13.3. The molecule has 0 spiro atoms. The smallest absolute Gasteiger partial charge is 0.273 e. The number of nitro groups is 1. The van der Waals surface area contributed by atoms with Gasteiger partial charge in [-0.1, -0.05) is 44.2 Å². The Balaban J connectivity index is 1.86. The molecule has 3 rings (SSSR count). The Kier molecular flexibility index (Phi) is 8.52. The minimum Gasteiger partial charge on any atom is -0.383 e. The molecule has 1 aliphatic heterocycles. The van der Waals surface area contributed by atoms with E-state index in [-0.39, 0.29) is 40.1 Å². The van der Waals surface area contributed by atoms with Crippen molar-refractivity contribution in [2.45, 2.75) is 26.3 Å². The van der Waals surface area contributed by atoms with Gasteiger partial charge in [0.25, 0.3) is 5.69 Å². The summed E-state index contributed by atoms with van der Waals surface area (Å²) in [6.07, 6.45) is 0. The van der Waals surface area contributed by atoms with Crippen LogP contribution in [0.25, 0.3) is 0 Å². The van der Waals surface area contributed by atoms with E-state index in [1.54, 1.807) is 37.4 Å². The molecule has 2 aromatic rings. The van der Waals surface area contributed by atoms with E-state index in [9.17, 15) is 19.3 Å². The van der Waals surface area contributed by atoms with E-state index in [0.717, 1.165) is 5.56 Å². The summed E-state index contributed by atoms with van der Waals surface area (Å²) >= 11 is 0. The van der Waals surface area contributed by atoms with Gasteiger partial charge in [0.15, 0.2) is 0 Å². The second kappa shape index (κ2) is 11.3. The molecule has 1 saturated heterocycles. The number of halogens is 1. The van der Waals surface area contributed by atoms with Gasteiger partial charge in [0.05, 0.1) is 11.5 Å². The molecule has 0 aromatic heterocycles. The van der Waals surface area contributed by atoms with E-state index < -0.39 is 0 Å². The number of hydrogen-bond acceptors (Lipinski definition) is 5. The molecular weight excluding hydrogens is 425 g/mol. The van der Waals surface area contributed by atoms with Crippen LogP contribution in [0.15, 0.2) is 48.5 Å². The third-order valence-electron chi connectivity index (χ3n) is 6.20. The van der Waals surface area contributed by atoms with Crippen LogP contribution in [0, 0.1) is 27.8 Å². The molecule has 1 amide bonds. The monoisotopic (exact) mass is 457 g/mol. The highest BCUT2D eigenvalue weighted by atomic mass is 19.1. The fourth-order valence-electron chi connectivity index (χ4n) is 4.59. The number of amides is 1. The summed E-state index contributed by atoms with van der Waals surface area (Å²) in [4.78, 5) is 27.9. The van der Waals surface area contributed by atoms with Gasteiger partial charge in [-0.25, -0.2) is 4.39 Å². The maximum atomic E-state index is 14.0. The van der Waals surface area contributed by atoms with Crippen LogP contribution >= 0.6 is 0 Å². The van der Waals surface area contributed by atoms with Crippen molar-refractivity contribution in [3.05, 3.63) is 75.6 Å². The Bertz CT molecular complexity index is 968. The quantitative estimate of drug-likeness (QED) is 0.397. The molecule has 0 N–H and O–H groups in total. The molecule has 33 heavy (non-hydrogen) atoms. The van der Waals surface area contributed by atoms with E-state index in [1.165, 1.54) is 12.1 Å². The van der Waals surface area contributed by atoms with Crippen LogP contribution in [0.1, 0.15) is 30.9 Å². The van der Waals surface area contributed by atoms with Gasteiger partial charge in [0, 0.05) is 63.3 Å². The molecule has 1 heterocycles. The molecule has 178 valence electrons. The number of carbonyl (C=O) groups is 1. The maximum Gasteiger partial charge on any atom is 0.273 e. The average molecular weight is 458 g/mol. The zero-order chi connectivity index (χ0) is 24.0. The first kappa shape index (κ1) is 24.8. The molecule has 8 heteroatoms. The number of nitro benzene ring substituents is 1. The largest absolute Gasteiger partial charge is 0.383 e. The van der Waals surface area contributed by atoms with E-state index in [4.69, 9.17) is 4.74 Å². The van der Waals surface area contributed by atoms with Crippen LogP contribution in [-0.4, -0.2) is 60.5 Å². The fraction of sp³-hybridized carbons (Fsp3) is 0.480. The summed E-state index contributed by atoms with van der Waals surface area (Å²) < 4.78 is 19.2. The van der Waals surface area contributed by atoms with Gasteiger partial charge in [0.2, 0.25) is 5.91 Å². The SMILES string of the molecule is COCCN(C[C@@H]1CN(Cc2ccccc2[N+](=O)[O-])C[C@@H]1c1cccc(F)c1)C(=O)C(C)C. The Morgan fingerprint density at radius 1 is 1.24 bits per heavy atom. The Hall–Kier alpha value is -2.84. The van der Waals surface area contributed by atoms with Crippen molar-refractivity contribution in [3.8, 4) is 0 Å². The number of para-hydroxylation sites is 1. The van der Waals surface area contributed by atoms with Crippen molar-refractivity contribution in [1.82, 2.24) is 9.80 Å². The second-order valence-electron chi connectivity index (χ2n) is 8.93. The van der Waals surface area contributed by atoms with Crippen molar-refractivity contribution in [1.29, 1.82) is 0 Å². The minimum atomic E-state index is -0.360. The van der Waals surface area contributed by atoms with Gasteiger partial charge in [-0.05, 0) is 23.6 Å². The van der Waals surface area contributed by atoms with Crippen molar-refractivity contribution in [2.24, 2.45) is 11.8 Å². The third kappa shape index (κ3) is 6.36. The zero-order valence-electron chi connectivity index (χ0n) is 19.4. The lowest BCUT2D eigenvalue weighted by Gasteiger charge is -2.29. The minimum absolute atomic E-state index is 0.00785. The number of rotatable bonds is 10. The molecule has 0 radical (unpaired) electrons. The first-order valence-corrected chi connectivity index (χ1v) is 11.3. The number of likely N-dealkylation sites (tertiary alicyclic amines) is 1. The van der Waals surface area contributed by atoms with E-state index in [1.807, 2.05) is 24.8 Å². The number of ether oxygens (including phenoxy) is 1. The molecule has 0 saturated carbocycles. The highest BCUT2D eigenvalue weighted by Gasteiger charge is 2.36. The first-order valence-electron chi connectivity index (χ1n) is 11.3. The van der Waals surface area contributed by atoms with Crippen LogP contribution in [0.4, 0.5) is 10.1 Å². The van der Waals surface area contributed by atoms with E-state index >= 15 is 0 Å². The summed E-state index contributed by atoms with van der Waals surface area (Å²) in [5.74, 6) is -0.304. The van der Waals surface area contributed by atoms with Crippen molar-refractivity contribution in [3.63, 3.8) is 0 Å². The molecule has 2 aromatic carbocycles. The normalized spacial score (nSPS) is 18.6. The predicted molar refractivity (Wildman–Crippen MR) is 124 cm³/mol. The maximum absolute atomic E-state index is 14.0. The molecule has 1 fully saturated rings. The van der Waals surface area contributed by atoms with E-state index in [2.05, 4.69) is 4.90 Å². The highest BCUT2D eigenvalue weighted by molar-refractivity contribution is 5.78. The second-order valence-corrected chi connectivity index (χ2v) is 8.93. The van der Waals surface area contributed by atoms with Crippen LogP contribution in [0.2, 0.25) is 0 Å². The topological polar surface area (TPSA) is 75.9 Å². The predicted octanol–water partition coefficient (Wildman–Crippen LogP) is 4.08. The lowest BCUT2D eigenvalue weighted by molar-refractivity contribution is -0.385. The number of methoxy groups -OCH3 is 1. The van der Waals surface area contributed by atoms with Crippen LogP contribution < -0.4 is 0 Å². The molecule has 7 nitrogen and oxygen atoms in total. The number of hydrogen-bond donors (Lipinski definition) is 0. The standard InChI is InChI=1S/C25H32FN3O4/c1-18(2)25(30)28(11-12-33-3)16-21-15-27(14-20-7-4-5-10-24(20)29(31)32)17-23(21)19-8-6-9-22(26)13-19/h4-10,13,18,21,23H,11-12,14-17H2,1-3H3/t21-,23+/m0/s1. The lowest BCUT2D eigenvalue weighted by atomic mass is 9.88. The molecule has 0 aliphatic carbocycles. The number of carbonyl (C=O) groups excluding carboxylic acids is 1. The number of benzene rings is 2. The third-order valence-corrected chi connectivity index (χ3v) is 6.20. The fourth-order valence-corrected chi connectivity index (χ4v) is 4.59. The zero-order valence-corrected chi connectivity index (χ0v) is 19.4. The summed E-state index contributed by atoms with van der Waals surface area (Å²) in [6.45, 7) is 6.92. The van der Waals surface area contributed by atoms with Gasteiger partial charge < -0.3 is 9.64 Å². The van der Waals surface area contributed by atoms with Gasteiger partial charge in [-0.3, -0.25) is 19.8 Å². The lowest BCUT2D eigenvalue weighted by Crippen LogP contribution is -2.41. The summed E-state index contributed by atoms with van der Waals surface area (Å²) in [5, 5.41) is 11.5. The van der Waals surface area contributed by atoms with Gasteiger partial charge >= 0.3 is 0 Å². The Morgan fingerprint density at radius 3 is 2.67 bits per heavy atom. The summed E-state index contributed by atoms with van der Waals surface area (Å²) in [7, 11) is 1.61. The van der Waals surface area contributed by atoms with Crippen LogP contribution in [0.5, 0.6) is 0 Å². The molecule has 0 unspecified atom stereocenters. The first-order chi connectivity index (χ1) is 15.8. The van der Waals surface area contributed by atoms with Crippen molar-refractivity contribution >= 4 is 11.6 Å². The van der Waals surface area contributed by atoms with Gasteiger partial charge in [-0.2, -0.15) is 0 Å². The van der Waals surface area contributed by atoms with Crippen molar-refractivity contribution < 1.29 is 18.8 Å². The highest BCUT2D eigenvalue weighted by Crippen LogP contribution is 2.35.